The van der Waals surface area contributed by atoms with Gasteiger partial charge in [-0.15, -0.1) is 0 Å². The first-order valence-electron chi connectivity index (χ1n) is 13.9. The summed E-state index contributed by atoms with van der Waals surface area (Å²) in [6.45, 7) is 8.06. The Kier molecular flexibility index (Phi) is 17.4. The molecule has 0 saturated heterocycles. The third-order valence-electron chi connectivity index (χ3n) is 6.28. The van der Waals surface area contributed by atoms with Crippen LogP contribution in [-0.2, 0) is 46.6 Å². The van der Waals surface area contributed by atoms with Gasteiger partial charge < -0.3 is 24.4 Å². The van der Waals surface area contributed by atoms with E-state index in [2.05, 4.69) is 0 Å². The summed E-state index contributed by atoms with van der Waals surface area (Å²) < 4.78 is 15.5. The first-order chi connectivity index (χ1) is 19.5. The third-order valence-corrected chi connectivity index (χ3v) is 6.28. The van der Waals surface area contributed by atoms with Crippen molar-refractivity contribution in [1.29, 1.82) is 0 Å². The normalized spacial score (nSPS) is 12.1. The number of carbonyl (C=O) groups is 4. The maximum absolute atomic E-state index is 12.1. The van der Waals surface area contributed by atoms with Gasteiger partial charge in [-0.3, -0.25) is 19.2 Å². The molecule has 0 amide bonds. The van der Waals surface area contributed by atoms with E-state index in [1.165, 1.54) is 0 Å². The zero-order valence-corrected chi connectivity index (χ0v) is 24.5. The largest absolute Gasteiger partial charge is 0.481 e. The van der Waals surface area contributed by atoms with Crippen LogP contribution in [0.25, 0.3) is 0 Å². The summed E-state index contributed by atoms with van der Waals surface area (Å²) in [5, 5.41) is 17.7. The van der Waals surface area contributed by atoms with Gasteiger partial charge in [0.15, 0.2) is 0 Å². The van der Waals surface area contributed by atoms with Gasteiger partial charge in [0.05, 0.1) is 31.3 Å². The fourth-order valence-electron chi connectivity index (χ4n) is 3.65. The number of hydrogen-bond acceptors (Lipinski definition) is 8. The fraction of sp³-hybridized carbons (Fsp3) is 0.500. The molecular formula is C32H44O9. The van der Waals surface area contributed by atoms with Crippen LogP contribution in [0.5, 0.6) is 0 Å². The summed E-state index contributed by atoms with van der Waals surface area (Å²) in [4.78, 5) is 46.5. The smallest absolute Gasteiger partial charge is 0.309 e. The third kappa shape index (κ3) is 15.6. The van der Waals surface area contributed by atoms with Crippen LogP contribution in [0.2, 0.25) is 0 Å². The van der Waals surface area contributed by atoms with E-state index in [0.29, 0.717) is 12.8 Å². The van der Waals surface area contributed by atoms with Crippen molar-refractivity contribution in [3.8, 4) is 0 Å². The number of aliphatic carboxylic acids is 1. The van der Waals surface area contributed by atoms with Crippen LogP contribution in [-0.4, -0.2) is 47.3 Å². The maximum atomic E-state index is 12.1. The van der Waals surface area contributed by atoms with E-state index in [4.69, 9.17) is 24.4 Å². The van der Waals surface area contributed by atoms with E-state index in [-0.39, 0.29) is 57.1 Å². The molecule has 0 unspecified atom stereocenters. The SMILES string of the molecule is CC(C)[C@H](CC(=O)OCc1ccccc1)C(=O)O.CC(C)[C@H](CC(=O)OCc1ccccc1)C(=O)OCCCCO. The summed E-state index contributed by atoms with van der Waals surface area (Å²) >= 11 is 0. The number of carboxylic acid groups (broad SMARTS) is 1. The van der Waals surface area contributed by atoms with Gasteiger partial charge >= 0.3 is 23.9 Å². The van der Waals surface area contributed by atoms with E-state index < -0.39 is 29.7 Å². The lowest BCUT2D eigenvalue weighted by Crippen LogP contribution is -2.26. The second-order valence-corrected chi connectivity index (χ2v) is 10.3. The Hall–Kier alpha value is -3.72. The van der Waals surface area contributed by atoms with Crippen molar-refractivity contribution >= 4 is 23.9 Å². The number of carbonyl (C=O) groups excluding carboxylic acids is 3. The number of rotatable bonds is 16. The molecule has 2 N–H and O–H groups in total. The summed E-state index contributed by atoms with van der Waals surface area (Å²) in [6, 6.07) is 18.7. The molecule has 2 atom stereocenters. The molecule has 0 bridgehead atoms. The molecule has 0 aliphatic rings. The number of unbranched alkanes of at least 4 members (excludes halogenated alkanes) is 1. The Labute approximate surface area is 242 Å². The van der Waals surface area contributed by atoms with Crippen LogP contribution >= 0.6 is 0 Å². The second-order valence-electron chi connectivity index (χ2n) is 10.3. The number of aliphatic hydroxyl groups excluding tert-OH is 1. The number of hydrogen-bond donors (Lipinski definition) is 2. The van der Waals surface area contributed by atoms with Gasteiger partial charge in [-0.2, -0.15) is 0 Å². The van der Waals surface area contributed by atoms with E-state index >= 15 is 0 Å². The Morgan fingerprint density at radius 3 is 1.49 bits per heavy atom. The fourth-order valence-corrected chi connectivity index (χ4v) is 3.65. The van der Waals surface area contributed by atoms with Crippen LogP contribution in [0.4, 0.5) is 0 Å². The van der Waals surface area contributed by atoms with Crippen LogP contribution < -0.4 is 0 Å². The number of ether oxygens (including phenoxy) is 3. The van der Waals surface area contributed by atoms with Crippen molar-refractivity contribution in [2.45, 2.75) is 66.6 Å². The quantitative estimate of drug-likeness (QED) is 0.158. The highest BCUT2D eigenvalue weighted by Crippen LogP contribution is 2.19. The predicted octanol–water partition coefficient (Wildman–Crippen LogP) is 5.18. The molecule has 9 heteroatoms. The summed E-state index contributed by atoms with van der Waals surface area (Å²) in [5.41, 5.74) is 1.80. The Morgan fingerprint density at radius 1 is 0.659 bits per heavy atom. The highest BCUT2D eigenvalue weighted by molar-refractivity contribution is 5.80. The molecule has 9 nitrogen and oxygen atoms in total. The standard InChI is InChI=1S/C18H26O5.C14H18O4/c1-14(2)16(18(21)22-11-7-6-10-19)12-17(20)23-13-15-8-4-3-5-9-15;1-10(2)12(14(16)17)8-13(15)18-9-11-6-4-3-5-7-11/h3-5,8-9,14,16,19H,6-7,10-13H2,1-2H3;3-7,10,12H,8-9H2,1-2H3,(H,16,17)/t16-;12-/m00/s1. The number of carboxylic acids is 1. The molecule has 0 aromatic heterocycles. The van der Waals surface area contributed by atoms with E-state index in [1.807, 2.05) is 74.5 Å². The molecule has 0 fully saturated rings. The summed E-state index contributed by atoms with van der Waals surface area (Å²) in [5.74, 6) is -3.51. The molecule has 0 aliphatic carbocycles. The van der Waals surface area contributed by atoms with Crippen LogP contribution in [0.1, 0.15) is 64.5 Å². The van der Waals surface area contributed by atoms with Crippen LogP contribution in [0, 0.1) is 23.7 Å². The minimum atomic E-state index is -0.957. The van der Waals surface area contributed by atoms with Gasteiger partial charge in [0.25, 0.3) is 0 Å². The Balaban J connectivity index is 0.000000422. The molecule has 0 saturated carbocycles. The topological polar surface area (TPSA) is 136 Å². The first kappa shape index (κ1) is 35.3. The van der Waals surface area contributed by atoms with Crippen LogP contribution in [0.15, 0.2) is 60.7 Å². The minimum Gasteiger partial charge on any atom is -0.481 e. The Bertz CT molecular complexity index is 1040. The summed E-state index contributed by atoms with van der Waals surface area (Å²) in [7, 11) is 0. The van der Waals surface area contributed by atoms with Crippen molar-refractivity contribution in [1.82, 2.24) is 0 Å². The van der Waals surface area contributed by atoms with Gasteiger partial charge in [0.2, 0.25) is 0 Å². The molecular weight excluding hydrogens is 528 g/mol. The van der Waals surface area contributed by atoms with Crippen LogP contribution in [0.3, 0.4) is 0 Å². The average molecular weight is 573 g/mol. The number of aliphatic hydroxyl groups is 1. The molecule has 41 heavy (non-hydrogen) atoms. The lowest BCUT2D eigenvalue weighted by molar-refractivity contribution is -0.157. The predicted molar refractivity (Wildman–Crippen MR) is 153 cm³/mol. The Morgan fingerprint density at radius 2 is 1.10 bits per heavy atom. The molecule has 0 spiro atoms. The number of benzene rings is 2. The molecule has 0 radical (unpaired) electrons. The molecule has 0 aliphatic heterocycles. The van der Waals surface area contributed by atoms with Gasteiger partial charge in [0, 0.05) is 6.61 Å². The monoisotopic (exact) mass is 572 g/mol. The molecule has 0 heterocycles. The number of esters is 3. The lowest BCUT2D eigenvalue weighted by Gasteiger charge is -2.18. The molecule has 226 valence electrons. The van der Waals surface area contributed by atoms with Crippen molar-refractivity contribution in [2.75, 3.05) is 13.2 Å². The van der Waals surface area contributed by atoms with E-state index in [0.717, 1.165) is 11.1 Å². The van der Waals surface area contributed by atoms with Crippen molar-refractivity contribution in [3.05, 3.63) is 71.8 Å². The van der Waals surface area contributed by atoms with Gasteiger partial charge in [0.1, 0.15) is 13.2 Å². The highest BCUT2D eigenvalue weighted by Gasteiger charge is 2.27. The minimum absolute atomic E-state index is 0.00961. The average Bonchev–Trinajstić information content (AvgIpc) is 2.95. The van der Waals surface area contributed by atoms with Gasteiger partial charge in [-0.05, 0) is 35.8 Å². The molecule has 2 rings (SSSR count). The van der Waals surface area contributed by atoms with Crippen molar-refractivity contribution in [2.24, 2.45) is 23.7 Å². The molecule has 2 aromatic carbocycles. The van der Waals surface area contributed by atoms with Gasteiger partial charge in [-0.1, -0.05) is 88.4 Å². The van der Waals surface area contributed by atoms with Crippen molar-refractivity contribution < 1.29 is 43.6 Å². The first-order valence-corrected chi connectivity index (χ1v) is 13.9. The molecule has 2 aromatic rings. The maximum Gasteiger partial charge on any atom is 0.309 e. The highest BCUT2D eigenvalue weighted by atomic mass is 16.5. The summed E-state index contributed by atoms with van der Waals surface area (Å²) in [6.07, 6.45) is 1.15. The zero-order chi connectivity index (χ0) is 30.6. The zero-order valence-electron chi connectivity index (χ0n) is 24.5. The van der Waals surface area contributed by atoms with Crippen molar-refractivity contribution in [3.63, 3.8) is 0 Å². The van der Waals surface area contributed by atoms with E-state index in [9.17, 15) is 19.2 Å². The van der Waals surface area contributed by atoms with E-state index in [1.54, 1.807) is 13.8 Å². The lowest BCUT2D eigenvalue weighted by atomic mass is 9.93. The second kappa shape index (κ2) is 20.2. The van der Waals surface area contributed by atoms with Gasteiger partial charge in [-0.25, -0.2) is 0 Å².